The Morgan fingerprint density at radius 2 is 1.86 bits per heavy atom. The topological polar surface area (TPSA) is 92.9 Å². The summed E-state index contributed by atoms with van der Waals surface area (Å²) in [5.74, 6) is -0.369. The Bertz CT molecular complexity index is 643. The molecule has 0 spiro atoms. The Morgan fingerprint density at radius 1 is 1.32 bits per heavy atom. The molecule has 0 aromatic heterocycles. The van der Waals surface area contributed by atoms with E-state index in [9.17, 15) is 13.2 Å². The van der Waals surface area contributed by atoms with Crippen LogP contribution in [-0.4, -0.2) is 36.6 Å². The Kier molecular flexibility index (Phi) is 6.33. The molecule has 124 valence electrons. The lowest BCUT2D eigenvalue weighted by Gasteiger charge is -2.40. The standard InChI is InChI=1S/C13H20IN3O4S/c1-5-16(12(18)10-8-6-7-9-11(10)14)17(13(2,3)4)21-22(15,19)20/h6-9H,5H2,1-4H3,(H2,15,19,20). The van der Waals surface area contributed by atoms with Crippen LogP contribution in [0.3, 0.4) is 0 Å². The fourth-order valence-electron chi connectivity index (χ4n) is 1.74. The summed E-state index contributed by atoms with van der Waals surface area (Å²) < 4.78 is 28.2. The molecule has 1 aromatic carbocycles. The summed E-state index contributed by atoms with van der Waals surface area (Å²) in [5, 5.41) is 7.17. The van der Waals surface area contributed by atoms with Crippen LogP contribution in [0.25, 0.3) is 0 Å². The van der Waals surface area contributed by atoms with Gasteiger partial charge in [-0.2, -0.15) is 8.42 Å². The summed E-state index contributed by atoms with van der Waals surface area (Å²) in [6.07, 6.45) is 0. The van der Waals surface area contributed by atoms with Crippen molar-refractivity contribution < 1.29 is 17.5 Å². The zero-order chi connectivity index (χ0) is 17.1. The van der Waals surface area contributed by atoms with Crippen LogP contribution in [0.2, 0.25) is 0 Å². The summed E-state index contributed by atoms with van der Waals surface area (Å²) in [6, 6.07) is 7.02. The molecule has 0 atom stereocenters. The van der Waals surface area contributed by atoms with E-state index in [1.54, 1.807) is 45.9 Å². The van der Waals surface area contributed by atoms with Crippen molar-refractivity contribution in [2.45, 2.75) is 33.2 Å². The van der Waals surface area contributed by atoms with Gasteiger partial charge in [0.1, 0.15) is 0 Å². The van der Waals surface area contributed by atoms with Gasteiger partial charge in [-0.25, -0.2) is 10.1 Å². The largest absolute Gasteiger partial charge is 0.351 e. The van der Waals surface area contributed by atoms with E-state index in [1.165, 1.54) is 5.01 Å². The second kappa shape index (κ2) is 7.21. The molecule has 0 saturated carbocycles. The number of carbonyl (C=O) groups is 1. The van der Waals surface area contributed by atoms with Gasteiger partial charge in [0.15, 0.2) is 0 Å². The molecule has 22 heavy (non-hydrogen) atoms. The molecule has 0 heterocycles. The third kappa shape index (κ3) is 5.16. The van der Waals surface area contributed by atoms with Crippen molar-refractivity contribution in [2.24, 2.45) is 5.14 Å². The second-order valence-corrected chi connectivity index (χ2v) is 7.81. The lowest BCUT2D eigenvalue weighted by molar-refractivity contribution is -0.241. The molecule has 0 radical (unpaired) electrons. The highest BCUT2D eigenvalue weighted by Crippen LogP contribution is 2.22. The molecule has 1 amide bonds. The average molecular weight is 441 g/mol. The number of hydrazine groups is 1. The number of carbonyl (C=O) groups excluding carboxylic acids is 1. The first-order chi connectivity index (χ1) is 9.97. The normalized spacial score (nSPS) is 12.5. The zero-order valence-corrected chi connectivity index (χ0v) is 15.9. The maximum atomic E-state index is 12.7. The Labute approximate surface area is 144 Å². The van der Waals surface area contributed by atoms with E-state index in [-0.39, 0.29) is 12.5 Å². The zero-order valence-electron chi connectivity index (χ0n) is 12.9. The van der Waals surface area contributed by atoms with E-state index in [2.05, 4.69) is 0 Å². The third-order valence-electron chi connectivity index (χ3n) is 2.61. The minimum absolute atomic E-state index is 0.219. The van der Waals surface area contributed by atoms with Crippen molar-refractivity contribution in [1.29, 1.82) is 0 Å². The molecule has 2 N–H and O–H groups in total. The molecule has 1 aromatic rings. The molecule has 0 aliphatic heterocycles. The fourth-order valence-corrected chi connectivity index (χ4v) is 2.86. The van der Waals surface area contributed by atoms with Crippen LogP contribution < -0.4 is 5.14 Å². The first-order valence-corrected chi connectivity index (χ1v) is 9.11. The molecular formula is C13H20IN3O4S. The number of hydrogen-bond acceptors (Lipinski definition) is 5. The molecule has 0 unspecified atom stereocenters. The summed E-state index contributed by atoms with van der Waals surface area (Å²) in [4.78, 5) is 12.7. The van der Waals surface area contributed by atoms with Gasteiger partial charge in [0.25, 0.3) is 5.91 Å². The van der Waals surface area contributed by atoms with E-state index in [0.717, 1.165) is 8.74 Å². The van der Waals surface area contributed by atoms with Gasteiger partial charge in [-0.1, -0.05) is 17.3 Å². The van der Waals surface area contributed by atoms with Crippen LogP contribution in [0.4, 0.5) is 0 Å². The number of amides is 1. The fraction of sp³-hybridized carbons (Fsp3) is 0.462. The number of nitrogens with zero attached hydrogens (tertiary/aromatic N) is 2. The lowest BCUT2D eigenvalue weighted by Crippen LogP contribution is -2.56. The maximum absolute atomic E-state index is 12.7. The van der Waals surface area contributed by atoms with Gasteiger partial charge in [-0.05, 0) is 62.4 Å². The van der Waals surface area contributed by atoms with Crippen molar-refractivity contribution in [3.05, 3.63) is 33.4 Å². The van der Waals surface area contributed by atoms with E-state index in [0.29, 0.717) is 5.56 Å². The van der Waals surface area contributed by atoms with Gasteiger partial charge >= 0.3 is 10.3 Å². The summed E-state index contributed by atoms with van der Waals surface area (Å²) >= 11 is 2.05. The van der Waals surface area contributed by atoms with Crippen molar-refractivity contribution in [3.8, 4) is 0 Å². The molecule has 0 bridgehead atoms. The number of nitrogens with two attached hydrogens (primary N) is 1. The van der Waals surface area contributed by atoms with Crippen LogP contribution in [0, 0.1) is 3.57 Å². The maximum Gasteiger partial charge on any atom is 0.351 e. The highest BCUT2D eigenvalue weighted by atomic mass is 127. The van der Waals surface area contributed by atoms with Gasteiger partial charge in [0.2, 0.25) is 0 Å². The summed E-state index contributed by atoms with van der Waals surface area (Å²) in [6.45, 7) is 7.08. The number of benzene rings is 1. The summed E-state index contributed by atoms with van der Waals surface area (Å²) in [5.41, 5.74) is -0.338. The Balaban J connectivity index is 3.25. The monoisotopic (exact) mass is 441 g/mol. The van der Waals surface area contributed by atoms with E-state index in [4.69, 9.17) is 9.42 Å². The van der Waals surface area contributed by atoms with Crippen LogP contribution in [-0.2, 0) is 14.6 Å². The van der Waals surface area contributed by atoms with Crippen molar-refractivity contribution in [1.82, 2.24) is 10.2 Å². The van der Waals surface area contributed by atoms with Gasteiger partial charge in [0.05, 0.1) is 11.1 Å². The molecule has 9 heteroatoms. The lowest BCUT2D eigenvalue weighted by atomic mass is 10.1. The predicted molar refractivity (Wildman–Crippen MR) is 91.7 cm³/mol. The van der Waals surface area contributed by atoms with Crippen LogP contribution >= 0.6 is 22.6 Å². The third-order valence-corrected chi connectivity index (χ3v) is 3.90. The van der Waals surface area contributed by atoms with E-state index < -0.39 is 15.8 Å². The molecule has 1 rings (SSSR count). The van der Waals surface area contributed by atoms with Crippen LogP contribution in [0.5, 0.6) is 0 Å². The van der Waals surface area contributed by atoms with Crippen LogP contribution in [0.15, 0.2) is 24.3 Å². The van der Waals surface area contributed by atoms with Gasteiger partial charge in [-0.3, -0.25) is 4.79 Å². The smallest absolute Gasteiger partial charge is 0.267 e. The molecule has 0 aliphatic carbocycles. The average Bonchev–Trinajstić information content (AvgIpc) is 2.36. The SMILES string of the molecule is CCN(C(=O)c1ccccc1I)N(OS(N)(=O)=O)C(C)(C)C. The molecule has 0 aliphatic rings. The summed E-state index contributed by atoms with van der Waals surface area (Å²) in [7, 11) is -4.26. The van der Waals surface area contributed by atoms with Gasteiger partial charge in [-0.15, -0.1) is 4.28 Å². The van der Waals surface area contributed by atoms with Crippen molar-refractivity contribution >= 4 is 38.8 Å². The minimum atomic E-state index is -4.26. The minimum Gasteiger partial charge on any atom is -0.267 e. The quantitative estimate of drug-likeness (QED) is 0.557. The van der Waals surface area contributed by atoms with E-state index >= 15 is 0 Å². The molecular weight excluding hydrogens is 421 g/mol. The van der Waals surface area contributed by atoms with Gasteiger partial charge < -0.3 is 0 Å². The first-order valence-electron chi connectivity index (χ1n) is 6.56. The Hall–Kier alpha value is -0.750. The number of rotatable bonds is 5. The van der Waals surface area contributed by atoms with Crippen LogP contribution in [0.1, 0.15) is 38.1 Å². The number of hydrogen-bond donors (Lipinski definition) is 1. The second-order valence-electron chi connectivity index (χ2n) is 5.51. The highest BCUT2D eigenvalue weighted by molar-refractivity contribution is 14.1. The van der Waals surface area contributed by atoms with E-state index in [1.807, 2.05) is 28.7 Å². The number of hydroxylamine groups is 1. The predicted octanol–water partition coefficient (Wildman–Crippen LogP) is 1.90. The number of halogens is 1. The molecule has 0 saturated heterocycles. The molecule has 7 nitrogen and oxygen atoms in total. The van der Waals surface area contributed by atoms with Crippen molar-refractivity contribution in [2.75, 3.05) is 6.54 Å². The van der Waals surface area contributed by atoms with Gasteiger partial charge in [0, 0.05) is 10.1 Å². The Morgan fingerprint density at radius 3 is 2.27 bits per heavy atom. The first kappa shape index (κ1) is 19.3. The molecule has 0 fully saturated rings. The highest BCUT2D eigenvalue weighted by Gasteiger charge is 2.35. The van der Waals surface area contributed by atoms with Crippen molar-refractivity contribution in [3.63, 3.8) is 0 Å².